The van der Waals surface area contributed by atoms with Crippen LogP contribution in [-0.4, -0.2) is 75.2 Å². The Hall–Kier alpha value is -3.30. The second-order valence-corrected chi connectivity index (χ2v) is 14.1. The van der Waals surface area contributed by atoms with E-state index < -0.39 is 27.0 Å². The first-order valence-corrected chi connectivity index (χ1v) is 15.9. The molecule has 2 aliphatic carbocycles. The molecule has 216 valence electrons. The molecule has 0 bridgehead atoms. The molecule has 1 saturated heterocycles. The van der Waals surface area contributed by atoms with Crippen LogP contribution in [0.2, 0.25) is 0 Å². The number of amides is 1. The van der Waals surface area contributed by atoms with E-state index in [4.69, 9.17) is 0 Å². The third-order valence-corrected chi connectivity index (χ3v) is 10.6. The van der Waals surface area contributed by atoms with Gasteiger partial charge in [0, 0.05) is 48.6 Å². The van der Waals surface area contributed by atoms with Gasteiger partial charge in [-0.15, -0.1) is 10.2 Å². The Balaban J connectivity index is 1.42. The van der Waals surface area contributed by atoms with E-state index in [0.717, 1.165) is 37.0 Å². The molecule has 3 aliphatic rings. The first-order valence-electron chi connectivity index (χ1n) is 13.6. The van der Waals surface area contributed by atoms with Crippen LogP contribution in [0.3, 0.4) is 0 Å². The molecule has 0 radical (unpaired) electrons. The molecule has 1 aliphatic heterocycles. The highest BCUT2D eigenvalue weighted by Gasteiger charge is 2.42. The number of aromatic nitrogens is 5. The van der Waals surface area contributed by atoms with E-state index in [-0.39, 0.29) is 33.5 Å². The number of benzene rings is 1. The standard InChI is InChI=1S/C26H28F2N8O3S2/c1-14-13-34(9-10-35(14)25(37)15-3-4-15)18-12-16(41(38,39)33-26(2)6-7-26)11-17-20(23-31-32-24(40-23)22(27)28)30-19-5-8-29-36(19)21(17)18/h5,8,11-12,14-15,22,33H,3-4,6-7,9-10,13H2,1-2H3. The molecule has 1 N–H and O–H groups in total. The van der Waals surface area contributed by atoms with Gasteiger partial charge in [-0.2, -0.15) is 5.10 Å². The van der Waals surface area contributed by atoms with Crippen molar-refractivity contribution in [1.29, 1.82) is 0 Å². The maximum Gasteiger partial charge on any atom is 0.291 e. The Labute approximate surface area is 238 Å². The Bertz CT molecular complexity index is 1800. The Morgan fingerprint density at radius 3 is 2.63 bits per heavy atom. The monoisotopic (exact) mass is 602 g/mol. The number of anilines is 1. The highest BCUT2D eigenvalue weighted by molar-refractivity contribution is 7.89. The van der Waals surface area contributed by atoms with Gasteiger partial charge in [-0.05, 0) is 51.7 Å². The average molecular weight is 603 g/mol. The van der Waals surface area contributed by atoms with Crippen LogP contribution >= 0.6 is 11.3 Å². The first-order chi connectivity index (χ1) is 19.5. The van der Waals surface area contributed by atoms with Crippen molar-refractivity contribution >= 4 is 49.5 Å². The van der Waals surface area contributed by atoms with Gasteiger partial charge in [0.25, 0.3) is 6.43 Å². The molecule has 3 fully saturated rings. The smallest absolute Gasteiger partial charge is 0.291 e. The van der Waals surface area contributed by atoms with Crippen LogP contribution in [0.5, 0.6) is 0 Å². The molecule has 41 heavy (non-hydrogen) atoms. The second-order valence-electron chi connectivity index (χ2n) is 11.4. The van der Waals surface area contributed by atoms with Crippen LogP contribution in [0.25, 0.3) is 27.3 Å². The number of piperazine rings is 1. The van der Waals surface area contributed by atoms with Gasteiger partial charge in [0.1, 0.15) is 5.69 Å². The number of nitrogens with zero attached hydrogens (tertiary/aromatic N) is 7. The summed E-state index contributed by atoms with van der Waals surface area (Å²) in [4.78, 5) is 21.5. The fraction of sp³-hybridized carbons (Fsp3) is 0.500. The largest absolute Gasteiger partial charge is 0.366 e. The van der Waals surface area contributed by atoms with Crippen molar-refractivity contribution in [2.75, 3.05) is 24.5 Å². The molecule has 15 heteroatoms. The van der Waals surface area contributed by atoms with E-state index in [1.807, 2.05) is 18.7 Å². The topological polar surface area (TPSA) is 126 Å². The quantitative estimate of drug-likeness (QED) is 0.340. The van der Waals surface area contributed by atoms with Gasteiger partial charge >= 0.3 is 0 Å². The summed E-state index contributed by atoms with van der Waals surface area (Å²) < 4.78 is 58.6. The number of carbonyl (C=O) groups is 1. The van der Waals surface area contributed by atoms with Gasteiger partial charge in [0.05, 0.1) is 22.3 Å². The molecule has 11 nitrogen and oxygen atoms in total. The summed E-state index contributed by atoms with van der Waals surface area (Å²) in [6.07, 6.45) is 2.11. The fourth-order valence-corrected chi connectivity index (χ4v) is 7.66. The minimum absolute atomic E-state index is 0.0328. The van der Waals surface area contributed by atoms with Crippen LogP contribution < -0.4 is 9.62 Å². The average Bonchev–Trinajstić information content (AvgIpc) is 3.79. The van der Waals surface area contributed by atoms with Crippen LogP contribution in [0.4, 0.5) is 14.5 Å². The van der Waals surface area contributed by atoms with Crippen molar-refractivity contribution in [3.63, 3.8) is 0 Å². The van der Waals surface area contributed by atoms with Crippen molar-refractivity contribution in [2.24, 2.45) is 5.92 Å². The third-order valence-electron chi connectivity index (χ3n) is 8.08. The molecule has 1 aromatic carbocycles. The van der Waals surface area contributed by atoms with E-state index in [1.54, 1.807) is 22.8 Å². The zero-order valence-corrected chi connectivity index (χ0v) is 24.1. The lowest BCUT2D eigenvalue weighted by Gasteiger charge is -2.41. The van der Waals surface area contributed by atoms with Gasteiger partial charge < -0.3 is 9.80 Å². The molecule has 7 rings (SSSR count). The molecule has 4 heterocycles. The predicted molar refractivity (Wildman–Crippen MR) is 148 cm³/mol. The van der Waals surface area contributed by atoms with Crippen LogP contribution in [0.1, 0.15) is 51.0 Å². The van der Waals surface area contributed by atoms with E-state index in [1.165, 1.54) is 6.07 Å². The summed E-state index contributed by atoms with van der Waals surface area (Å²) in [6.45, 7) is 5.32. The summed E-state index contributed by atoms with van der Waals surface area (Å²) in [5, 5.41) is 12.2. The van der Waals surface area contributed by atoms with E-state index in [0.29, 0.717) is 41.9 Å². The summed E-state index contributed by atoms with van der Waals surface area (Å²) in [5.41, 5.74) is 1.39. The molecule has 0 spiro atoms. The van der Waals surface area contributed by atoms with E-state index >= 15 is 0 Å². The molecule has 1 atom stereocenters. The van der Waals surface area contributed by atoms with Crippen molar-refractivity contribution in [3.05, 3.63) is 29.4 Å². The predicted octanol–water partition coefficient (Wildman–Crippen LogP) is 3.62. The lowest BCUT2D eigenvalue weighted by atomic mass is 10.1. The van der Waals surface area contributed by atoms with Gasteiger partial charge in [-0.1, -0.05) is 11.3 Å². The third kappa shape index (κ3) is 4.73. The maximum atomic E-state index is 13.7. The highest BCUT2D eigenvalue weighted by Crippen LogP contribution is 2.41. The molecular formula is C26H28F2N8O3S2. The normalized spacial score (nSPS) is 20.9. The minimum Gasteiger partial charge on any atom is -0.366 e. The van der Waals surface area contributed by atoms with Gasteiger partial charge in [0.2, 0.25) is 15.9 Å². The van der Waals surface area contributed by atoms with Gasteiger partial charge in [0.15, 0.2) is 15.7 Å². The van der Waals surface area contributed by atoms with Crippen LogP contribution in [0, 0.1) is 5.92 Å². The van der Waals surface area contributed by atoms with Crippen molar-refractivity contribution in [1.82, 2.24) is 34.4 Å². The number of halogens is 2. The van der Waals surface area contributed by atoms with Crippen molar-refractivity contribution in [2.45, 2.75) is 62.4 Å². The Morgan fingerprint density at radius 2 is 1.98 bits per heavy atom. The SMILES string of the molecule is CC1CN(c2cc(S(=O)(=O)NC3(C)CC3)cc3c(-c4nnc(C(F)F)s4)nc4ccnn4c23)CCN1C(=O)C1CC1. The second kappa shape index (κ2) is 9.36. The van der Waals surface area contributed by atoms with E-state index in [9.17, 15) is 22.0 Å². The lowest BCUT2D eigenvalue weighted by Crippen LogP contribution is -2.54. The Morgan fingerprint density at radius 1 is 1.20 bits per heavy atom. The summed E-state index contributed by atoms with van der Waals surface area (Å²) in [7, 11) is -3.95. The Kier molecular flexibility index (Phi) is 6.07. The van der Waals surface area contributed by atoms with Crippen molar-refractivity contribution in [3.8, 4) is 10.7 Å². The van der Waals surface area contributed by atoms with E-state index in [2.05, 4.69) is 29.9 Å². The van der Waals surface area contributed by atoms with Crippen LogP contribution in [0.15, 0.2) is 29.3 Å². The zero-order chi connectivity index (χ0) is 28.7. The van der Waals surface area contributed by atoms with Gasteiger partial charge in [-0.3, -0.25) is 4.79 Å². The number of hydrogen-bond acceptors (Lipinski definition) is 9. The summed E-state index contributed by atoms with van der Waals surface area (Å²) >= 11 is 0.720. The number of rotatable bonds is 7. The van der Waals surface area contributed by atoms with Crippen molar-refractivity contribution < 1.29 is 22.0 Å². The molecule has 3 aromatic heterocycles. The lowest BCUT2D eigenvalue weighted by molar-refractivity contribution is -0.134. The maximum absolute atomic E-state index is 13.7. The van der Waals surface area contributed by atoms with Gasteiger partial charge in [-0.25, -0.2) is 31.4 Å². The number of carbonyl (C=O) groups excluding carboxylic acids is 1. The molecule has 1 amide bonds. The molecule has 2 saturated carbocycles. The molecule has 1 unspecified atom stereocenters. The summed E-state index contributed by atoms with van der Waals surface area (Å²) in [6, 6.07) is 4.74. The number of fused-ring (bicyclic) bond motifs is 3. The number of sulfonamides is 1. The molecular weight excluding hydrogens is 574 g/mol. The number of alkyl halides is 2. The highest BCUT2D eigenvalue weighted by atomic mass is 32.2. The fourth-order valence-electron chi connectivity index (χ4n) is 5.44. The number of hydrogen-bond donors (Lipinski definition) is 1. The van der Waals surface area contributed by atoms with Crippen LogP contribution in [-0.2, 0) is 14.8 Å². The molecule has 4 aromatic rings. The first kappa shape index (κ1) is 26.6. The number of nitrogens with one attached hydrogen (secondary N) is 1. The minimum atomic E-state index is -3.95. The zero-order valence-electron chi connectivity index (χ0n) is 22.4. The summed E-state index contributed by atoms with van der Waals surface area (Å²) in [5.74, 6) is 0.280.